The topological polar surface area (TPSA) is 77.1 Å². The summed E-state index contributed by atoms with van der Waals surface area (Å²) in [7, 11) is 3.16. The van der Waals surface area contributed by atoms with Gasteiger partial charge in [0, 0.05) is 24.1 Å². The first-order valence-corrected chi connectivity index (χ1v) is 14.9. The molecule has 1 amide bonds. The number of ether oxygens (including phenoxy) is 3. The first-order valence-electron chi connectivity index (χ1n) is 14.5. The maximum Gasteiger partial charge on any atom is 0.411 e. The lowest BCUT2D eigenvalue weighted by molar-refractivity contribution is -0.145. The predicted octanol–water partition coefficient (Wildman–Crippen LogP) is 6.78. The highest BCUT2D eigenvalue weighted by molar-refractivity contribution is 6.30. The first-order chi connectivity index (χ1) is 19.9. The molecule has 4 rings (SSSR count). The molecule has 2 atom stereocenters. The summed E-state index contributed by atoms with van der Waals surface area (Å²) < 4.78 is 46.0. The van der Waals surface area contributed by atoms with Crippen LogP contribution >= 0.6 is 11.6 Å². The Bertz CT molecular complexity index is 1280. The summed E-state index contributed by atoms with van der Waals surface area (Å²) in [5.41, 5.74) is 1.99. The van der Waals surface area contributed by atoms with E-state index in [1.54, 1.807) is 20.8 Å². The van der Waals surface area contributed by atoms with Crippen molar-refractivity contribution in [2.45, 2.75) is 89.5 Å². The van der Waals surface area contributed by atoms with Crippen LogP contribution in [0.5, 0.6) is 5.75 Å². The van der Waals surface area contributed by atoms with Gasteiger partial charge in [-0.15, -0.1) is 0 Å². The van der Waals surface area contributed by atoms with Crippen LogP contribution in [0.1, 0.15) is 75.5 Å². The van der Waals surface area contributed by atoms with Gasteiger partial charge in [-0.05, 0) is 107 Å². The molecule has 1 heterocycles. The van der Waals surface area contributed by atoms with Gasteiger partial charge in [0.15, 0.2) is 11.6 Å². The number of hydrogen-bond acceptors (Lipinski definition) is 6. The van der Waals surface area contributed by atoms with Crippen molar-refractivity contribution in [3.8, 4) is 5.75 Å². The molecule has 0 bridgehead atoms. The van der Waals surface area contributed by atoms with Gasteiger partial charge in [-0.1, -0.05) is 17.7 Å². The van der Waals surface area contributed by atoms with E-state index < -0.39 is 41.4 Å². The zero-order valence-corrected chi connectivity index (χ0v) is 25.7. The molecular formula is C32H41ClF2N2O5. The molecule has 1 N–H and O–H groups in total. The summed E-state index contributed by atoms with van der Waals surface area (Å²) in [5, 5.41) is 3.93. The average molecular weight is 607 g/mol. The van der Waals surface area contributed by atoms with E-state index in [9.17, 15) is 18.4 Å². The van der Waals surface area contributed by atoms with Gasteiger partial charge in [0.2, 0.25) is 0 Å². The molecule has 1 saturated heterocycles. The van der Waals surface area contributed by atoms with Crippen LogP contribution in [0.2, 0.25) is 5.02 Å². The van der Waals surface area contributed by atoms with E-state index >= 15 is 0 Å². The van der Waals surface area contributed by atoms with E-state index in [0.29, 0.717) is 12.3 Å². The lowest BCUT2D eigenvalue weighted by Crippen LogP contribution is -2.44. The minimum absolute atomic E-state index is 0.0477. The first kappa shape index (κ1) is 32.0. The molecule has 2 aromatic rings. The molecule has 230 valence electrons. The maximum absolute atomic E-state index is 14.9. The summed E-state index contributed by atoms with van der Waals surface area (Å²) in [5.74, 6) is -1.71. The van der Waals surface area contributed by atoms with E-state index in [-0.39, 0.29) is 30.2 Å². The second-order valence-corrected chi connectivity index (χ2v) is 12.8. The minimum atomic E-state index is -0.988. The van der Waals surface area contributed by atoms with E-state index in [0.717, 1.165) is 43.3 Å². The van der Waals surface area contributed by atoms with Crippen molar-refractivity contribution in [2.75, 3.05) is 20.7 Å². The van der Waals surface area contributed by atoms with Crippen LogP contribution in [-0.2, 0) is 27.2 Å². The van der Waals surface area contributed by atoms with Crippen LogP contribution < -0.4 is 10.1 Å². The summed E-state index contributed by atoms with van der Waals surface area (Å²) in [6, 6.07) is 7.67. The van der Waals surface area contributed by atoms with Crippen molar-refractivity contribution in [2.24, 2.45) is 5.92 Å². The van der Waals surface area contributed by atoms with Crippen molar-refractivity contribution in [1.82, 2.24) is 10.2 Å². The zero-order valence-electron chi connectivity index (χ0n) is 25.0. The van der Waals surface area contributed by atoms with E-state index in [2.05, 4.69) is 11.4 Å². The minimum Gasteiger partial charge on any atom is -0.488 e. The number of likely N-dealkylation sites (tertiary alicyclic amines) is 1. The third-order valence-electron chi connectivity index (χ3n) is 8.01. The Kier molecular flexibility index (Phi) is 10.4. The Morgan fingerprint density at radius 3 is 2.43 bits per heavy atom. The lowest BCUT2D eigenvalue weighted by Gasteiger charge is -2.30. The Morgan fingerprint density at radius 1 is 1.07 bits per heavy atom. The van der Waals surface area contributed by atoms with Gasteiger partial charge in [0.1, 0.15) is 23.5 Å². The molecule has 10 heteroatoms. The van der Waals surface area contributed by atoms with Crippen molar-refractivity contribution in [1.29, 1.82) is 0 Å². The van der Waals surface area contributed by atoms with Gasteiger partial charge in [0.05, 0.1) is 13.7 Å². The molecule has 42 heavy (non-hydrogen) atoms. The summed E-state index contributed by atoms with van der Waals surface area (Å²) in [6.45, 7) is 6.01. The van der Waals surface area contributed by atoms with Crippen molar-refractivity contribution in [3.63, 3.8) is 0 Å². The van der Waals surface area contributed by atoms with Crippen LogP contribution in [0.3, 0.4) is 0 Å². The Hall–Kier alpha value is -2.91. The molecule has 1 aliphatic heterocycles. The molecule has 2 aromatic carbocycles. The fraction of sp³-hybridized carbons (Fsp3) is 0.562. The highest BCUT2D eigenvalue weighted by Gasteiger charge is 2.43. The van der Waals surface area contributed by atoms with Gasteiger partial charge >= 0.3 is 12.1 Å². The molecule has 1 aliphatic carbocycles. The molecule has 2 fully saturated rings. The number of amides is 1. The Balaban J connectivity index is 1.42. The van der Waals surface area contributed by atoms with E-state index in [1.807, 2.05) is 19.2 Å². The number of carbonyl (C=O) groups excluding carboxylic acids is 2. The molecule has 0 unspecified atom stereocenters. The third-order valence-corrected chi connectivity index (χ3v) is 8.25. The van der Waals surface area contributed by atoms with Crippen molar-refractivity contribution in [3.05, 3.63) is 63.7 Å². The van der Waals surface area contributed by atoms with Crippen molar-refractivity contribution >= 4 is 23.7 Å². The fourth-order valence-electron chi connectivity index (χ4n) is 6.08. The number of nitrogens with one attached hydrogen (secondary N) is 1. The standard InChI is InChI=1S/C32H41ClF2N2O5/c1-32(2,3)42-31(39)37-18-25(16-28(37)30(38)40-5)41-24-13-22(29(35)27(34)15-24)12-19-6-8-20(9-7-19)26-14-23(33)11-10-21(26)17-36-4/h10-11,13-15,19-20,25,28,36H,6-9,12,16-18H2,1-5H3/t19-,20-,25-,28-/m0/s1. The second kappa shape index (κ2) is 13.6. The SMILES string of the molecule is CNCc1ccc(Cl)cc1[C@H]1CC[C@H](Cc2cc(O[C@H]3C[C@@H](C(=O)OC)N(C(=O)OC(C)(C)C)C3)cc(F)c2F)CC1. The van der Waals surface area contributed by atoms with Crippen LogP contribution in [0.15, 0.2) is 30.3 Å². The number of hydrogen-bond donors (Lipinski definition) is 1. The highest BCUT2D eigenvalue weighted by atomic mass is 35.5. The third kappa shape index (κ3) is 7.92. The van der Waals surface area contributed by atoms with Crippen LogP contribution in [-0.4, -0.2) is 55.4 Å². The quantitative estimate of drug-likeness (QED) is 0.334. The number of esters is 1. The summed E-state index contributed by atoms with van der Waals surface area (Å²) in [4.78, 5) is 26.4. The van der Waals surface area contributed by atoms with Gasteiger partial charge < -0.3 is 19.5 Å². The van der Waals surface area contributed by atoms with Crippen molar-refractivity contribution < 1.29 is 32.6 Å². The monoisotopic (exact) mass is 606 g/mol. The Morgan fingerprint density at radius 2 is 1.79 bits per heavy atom. The fourth-order valence-corrected chi connectivity index (χ4v) is 6.26. The van der Waals surface area contributed by atoms with Gasteiger partial charge in [0.25, 0.3) is 0 Å². The molecule has 0 spiro atoms. The Labute approximate surface area is 251 Å². The van der Waals surface area contributed by atoms with Gasteiger partial charge in [-0.25, -0.2) is 18.4 Å². The highest BCUT2D eigenvalue weighted by Crippen LogP contribution is 2.40. The molecule has 1 saturated carbocycles. The second-order valence-electron chi connectivity index (χ2n) is 12.3. The molecule has 0 aromatic heterocycles. The van der Waals surface area contributed by atoms with E-state index in [1.165, 1.54) is 29.2 Å². The van der Waals surface area contributed by atoms with Crippen LogP contribution in [0, 0.1) is 17.6 Å². The van der Waals surface area contributed by atoms with E-state index in [4.69, 9.17) is 25.8 Å². The molecule has 2 aliphatic rings. The molecule has 7 nitrogen and oxygen atoms in total. The van der Waals surface area contributed by atoms with Gasteiger partial charge in [-0.3, -0.25) is 4.90 Å². The average Bonchev–Trinajstić information content (AvgIpc) is 3.35. The molecule has 0 radical (unpaired) electrons. The largest absolute Gasteiger partial charge is 0.488 e. The number of methoxy groups -OCH3 is 1. The number of nitrogens with zero attached hydrogens (tertiary/aromatic N) is 1. The van der Waals surface area contributed by atoms with Crippen LogP contribution in [0.4, 0.5) is 13.6 Å². The smallest absolute Gasteiger partial charge is 0.411 e. The van der Waals surface area contributed by atoms with Crippen LogP contribution in [0.25, 0.3) is 0 Å². The normalized spacial score (nSPS) is 22.6. The summed E-state index contributed by atoms with van der Waals surface area (Å²) in [6.07, 6.45) is 2.90. The predicted molar refractivity (Wildman–Crippen MR) is 157 cm³/mol. The number of carbonyl (C=O) groups is 2. The maximum atomic E-state index is 14.9. The summed E-state index contributed by atoms with van der Waals surface area (Å²) >= 11 is 6.30. The lowest BCUT2D eigenvalue weighted by atomic mass is 9.75. The molecular weight excluding hydrogens is 566 g/mol. The van der Waals surface area contributed by atoms with Gasteiger partial charge in [-0.2, -0.15) is 0 Å². The zero-order chi connectivity index (χ0) is 30.6. The number of benzene rings is 2. The number of rotatable bonds is 8. The number of halogens is 3.